The Kier molecular flexibility index (Phi) is 4.38. The summed E-state index contributed by atoms with van der Waals surface area (Å²) in [6.45, 7) is 6.53. The lowest BCUT2D eigenvalue weighted by Gasteiger charge is -2.39. The van der Waals surface area contributed by atoms with E-state index in [0.717, 1.165) is 37.2 Å². The van der Waals surface area contributed by atoms with Gasteiger partial charge in [-0.25, -0.2) is 0 Å². The van der Waals surface area contributed by atoms with Crippen molar-refractivity contribution >= 4 is 0 Å². The van der Waals surface area contributed by atoms with E-state index in [9.17, 15) is 0 Å². The fraction of sp³-hybridized carbons (Fsp3) is 0.600. The molecule has 0 bridgehead atoms. The van der Waals surface area contributed by atoms with Gasteiger partial charge >= 0.3 is 0 Å². The van der Waals surface area contributed by atoms with E-state index in [1.165, 1.54) is 0 Å². The third-order valence-corrected chi connectivity index (χ3v) is 4.07. The molecule has 0 amide bonds. The Morgan fingerprint density at radius 1 is 1.11 bits per heavy atom. The third kappa shape index (κ3) is 2.74. The molecule has 1 aliphatic rings. The van der Waals surface area contributed by atoms with Crippen molar-refractivity contribution in [2.45, 2.75) is 39.5 Å². The van der Waals surface area contributed by atoms with Crippen LogP contribution >= 0.6 is 0 Å². The van der Waals surface area contributed by atoms with E-state index in [1.807, 2.05) is 24.3 Å². The van der Waals surface area contributed by atoms with Gasteiger partial charge in [-0.2, -0.15) is 0 Å². The molecule has 1 fully saturated rings. The minimum absolute atomic E-state index is 0.202. The van der Waals surface area contributed by atoms with Gasteiger partial charge in [-0.3, -0.25) is 0 Å². The molecular weight excluding hydrogens is 226 g/mol. The molecule has 0 aromatic heterocycles. The van der Waals surface area contributed by atoms with Crippen molar-refractivity contribution in [3.05, 3.63) is 35.4 Å². The number of benzene rings is 1. The zero-order valence-electron chi connectivity index (χ0n) is 11.3. The highest BCUT2D eigenvalue weighted by molar-refractivity contribution is 5.23. The van der Waals surface area contributed by atoms with E-state index in [2.05, 4.69) is 13.8 Å². The Hall–Kier alpha value is -0.900. The first-order valence-electron chi connectivity index (χ1n) is 6.75. The zero-order valence-corrected chi connectivity index (χ0v) is 11.3. The summed E-state index contributed by atoms with van der Waals surface area (Å²) in [6.07, 6.45) is 1.98. The van der Waals surface area contributed by atoms with Crippen LogP contribution in [-0.4, -0.2) is 13.2 Å². The second kappa shape index (κ2) is 5.83. The summed E-state index contributed by atoms with van der Waals surface area (Å²) in [5.74, 6) is 0. The average Bonchev–Trinajstić information content (AvgIpc) is 2.47. The minimum atomic E-state index is -0.219. The quantitative estimate of drug-likeness (QED) is 0.892. The number of nitrogens with two attached hydrogens (primary N) is 1. The number of hydrogen-bond donors (Lipinski definition) is 1. The first kappa shape index (κ1) is 13.5. The lowest BCUT2D eigenvalue weighted by atomic mass is 9.83. The Morgan fingerprint density at radius 2 is 1.67 bits per heavy atom. The third-order valence-electron chi connectivity index (χ3n) is 4.07. The van der Waals surface area contributed by atoms with Crippen LogP contribution < -0.4 is 5.73 Å². The predicted octanol–water partition coefficient (Wildman–Crippen LogP) is 3.00. The summed E-state index contributed by atoms with van der Waals surface area (Å²) in [6, 6.07) is 8.14. The summed E-state index contributed by atoms with van der Waals surface area (Å²) >= 11 is 0. The Morgan fingerprint density at radius 3 is 2.11 bits per heavy atom. The summed E-state index contributed by atoms with van der Waals surface area (Å²) in [5, 5.41) is 0. The first-order chi connectivity index (χ1) is 8.73. The van der Waals surface area contributed by atoms with Crippen molar-refractivity contribution in [1.29, 1.82) is 0 Å². The SMILES string of the molecule is CCC1(CC)COC(c2ccc(CN)cc2)OC1. The molecule has 0 saturated carbocycles. The van der Waals surface area contributed by atoms with Crippen LogP contribution in [0.2, 0.25) is 0 Å². The van der Waals surface area contributed by atoms with E-state index >= 15 is 0 Å². The second-order valence-corrected chi connectivity index (χ2v) is 5.11. The van der Waals surface area contributed by atoms with Gasteiger partial charge in [0.25, 0.3) is 0 Å². The molecule has 0 unspecified atom stereocenters. The van der Waals surface area contributed by atoms with Gasteiger partial charge in [-0.05, 0) is 18.4 Å². The van der Waals surface area contributed by atoms with Gasteiger partial charge < -0.3 is 15.2 Å². The maximum Gasteiger partial charge on any atom is 0.183 e. The highest BCUT2D eigenvalue weighted by atomic mass is 16.7. The normalized spacial score (nSPS) is 19.9. The molecule has 0 radical (unpaired) electrons. The fourth-order valence-electron chi connectivity index (χ4n) is 2.26. The molecular formula is C15H23NO2. The second-order valence-electron chi connectivity index (χ2n) is 5.11. The Labute approximate surface area is 109 Å². The highest BCUT2D eigenvalue weighted by Gasteiger charge is 2.34. The van der Waals surface area contributed by atoms with Crippen LogP contribution in [0.25, 0.3) is 0 Å². The van der Waals surface area contributed by atoms with Crippen molar-refractivity contribution in [3.8, 4) is 0 Å². The number of ether oxygens (including phenoxy) is 2. The molecule has 2 rings (SSSR count). The van der Waals surface area contributed by atoms with Crippen molar-refractivity contribution in [2.24, 2.45) is 11.1 Å². The number of rotatable bonds is 4. The molecule has 100 valence electrons. The van der Waals surface area contributed by atoms with Crippen LogP contribution in [0.1, 0.15) is 44.1 Å². The molecule has 1 aliphatic heterocycles. The molecule has 3 nitrogen and oxygen atoms in total. The van der Waals surface area contributed by atoms with Crippen LogP contribution in [0, 0.1) is 5.41 Å². The monoisotopic (exact) mass is 249 g/mol. The van der Waals surface area contributed by atoms with Gasteiger partial charge in [-0.1, -0.05) is 38.1 Å². The van der Waals surface area contributed by atoms with E-state index in [0.29, 0.717) is 6.54 Å². The van der Waals surface area contributed by atoms with Crippen LogP contribution in [0.4, 0.5) is 0 Å². The van der Waals surface area contributed by atoms with Gasteiger partial charge in [0.2, 0.25) is 0 Å². The largest absolute Gasteiger partial charge is 0.348 e. The van der Waals surface area contributed by atoms with Crippen molar-refractivity contribution in [2.75, 3.05) is 13.2 Å². The molecule has 1 heterocycles. The van der Waals surface area contributed by atoms with Crippen molar-refractivity contribution < 1.29 is 9.47 Å². The highest BCUT2D eigenvalue weighted by Crippen LogP contribution is 2.36. The Balaban J connectivity index is 2.00. The van der Waals surface area contributed by atoms with Gasteiger partial charge in [0.05, 0.1) is 13.2 Å². The molecule has 1 saturated heterocycles. The lowest BCUT2D eigenvalue weighted by Crippen LogP contribution is -2.37. The minimum Gasteiger partial charge on any atom is -0.348 e. The molecule has 1 aromatic carbocycles. The van der Waals surface area contributed by atoms with Crippen LogP contribution in [0.15, 0.2) is 24.3 Å². The molecule has 0 atom stereocenters. The predicted molar refractivity (Wildman–Crippen MR) is 72.0 cm³/mol. The van der Waals surface area contributed by atoms with Crippen LogP contribution in [0.5, 0.6) is 0 Å². The average molecular weight is 249 g/mol. The lowest BCUT2D eigenvalue weighted by molar-refractivity contribution is -0.235. The zero-order chi connectivity index (χ0) is 13.0. The van der Waals surface area contributed by atoms with Gasteiger partial charge in [0.1, 0.15) is 0 Å². The molecule has 0 aliphatic carbocycles. The maximum absolute atomic E-state index is 5.88. The molecule has 3 heteroatoms. The smallest absolute Gasteiger partial charge is 0.183 e. The van der Waals surface area contributed by atoms with E-state index in [1.54, 1.807) is 0 Å². The topological polar surface area (TPSA) is 44.5 Å². The molecule has 1 aromatic rings. The van der Waals surface area contributed by atoms with Crippen molar-refractivity contribution in [3.63, 3.8) is 0 Å². The van der Waals surface area contributed by atoms with E-state index in [-0.39, 0.29) is 11.7 Å². The van der Waals surface area contributed by atoms with Crippen LogP contribution in [-0.2, 0) is 16.0 Å². The molecule has 18 heavy (non-hydrogen) atoms. The van der Waals surface area contributed by atoms with Crippen LogP contribution in [0.3, 0.4) is 0 Å². The van der Waals surface area contributed by atoms with E-state index < -0.39 is 0 Å². The maximum atomic E-state index is 5.88. The standard InChI is InChI=1S/C15H23NO2/c1-3-15(4-2)10-17-14(18-11-15)13-7-5-12(9-16)6-8-13/h5-8,14H,3-4,9-11,16H2,1-2H3. The van der Waals surface area contributed by atoms with E-state index in [4.69, 9.17) is 15.2 Å². The van der Waals surface area contributed by atoms with Gasteiger partial charge in [-0.15, -0.1) is 0 Å². The van der Waals surface area contributed by atoms with Crippen molar-refractivity contribution in [1.82, 2.24) is 0 Å². The van der Waals surface area contributed by atoms with Gasteiger partial charge in [0.15, 0.2) is 6.29 Å². The molecule has 0 spiro atoms. The molecule has 2 N–H and O–H groups in total. The fourth-order valence-corrected chi connectivity index (χ4v) is 2.26. The summed E-state index contributed by atoms with van der Waals surface area (Å²) in [5.41, 5.74) is 8.00. The Bertz CT molecular complexity index is 361. The summed E-state index contributed by atoms with van der Waals surface area (Å²) in [4.78, 5) is 0. The summed E-state index contributed by atoms with van der Waals surface area (Å²) < 4.78 is 11.8. The summed E-state index contributed by atoms with van der Waals surface area (Å²) in [7, 11) is 0. The first-order valence-corrected chi connectivity index (χ1v) is 6.75. The number of hydrogen-bond acceptors (Lipinski definition) is 3. The van der Waals surface area contributed by atoms with Gasteiger partial charge in [0, 0.05) is 17.5 Å².